The van der Waals surface area contributed by atoms with Crippen molar-refractivity contribution in [1.29, 1.82) is 0 Å². The SMILES string of the molecule is O=C(CN1CCC(F)CC1)N1CCOCC1. The van der Waals surface area contributed by atoms with E-state index in [1.165, 1.54) is 0 Å². The zero-order valence-corrected chi connectivity index (χ0v) is 9.53. The van der Waals surface area contributed by atoms with Crippen LogP contribution >= 0.6 is 0 Å². The molecule has 4 nitrogen and oxygen atoms in total. The van der Waals surface area contributed by atoms with Gasteiger partial charge in [-0.15, -0.1) is 0 Å². The fraction of sp³-hybridized carbons (Fsp3) is 0.909. The molecule has 0 spiro atoms. The van der Waals surface area contributed by atoms with Crippen LogP contribution < -0.4 is 0 Å². The summed E-state index contributed by atoms with van der Waals surface area (Å²) in [6, 6.07) is 0. The molecule has 0 aromatic carbocycles. The second-order valence-corrected chi connectivity index (χ2v) is 4.44. The third kappa shape index (κ3) is 3.15. The van der Waals surface area contributed by atoms with Crippen molar-refractivity contribution < 1.29 is 13.9 Å². The first-order valence-electron chi connectivity index (χ1n) is 5.97. The van der Waals surface area contributed by atoms with Crippen LogP contribution in [-0.2, 0) is 9.53 Å². The number of nitrogens with zero attached hydrogens (tertiary/aromatic N) is 2. The van der Waals surface area contributed by atoms with Gasteiger partial charge in [0.05, 0.1) is 19.8 Å². The van der Waals surface area contributed by atoms with Crippen LogP contribution in [0.15, 0.2) is 0 Å². The number of likely N-dealkylation sites (tertiary alicyclic amines) is 1. The third-order valence-corrected chi connectivity index (χ3v) is 3.24. The molecule has 0 N–H and O–H groups in total. The normalized spacial score (nSPS) is 24.7. The maximum absolute atomic E-state index is 12.9. The second kappa shape index (κ2) is 5.59. The van der Waals surface area contributed by atoms with Crippen LogP contribution in [0.1, 0.15) is 12.8 Å². The molecule has 2 rings (SSSR count). The van der Waals surface area contributed by atoms with Crippen molar-refractivity contribution >= 4 is 5.91 Å². The predicted octanol–water partition coefficient (Wildman–Crippen LogP) is 0.279. The summed E-state index contributed by atoms with van der Waals surface area (Å²) >= 11 is 0. The molecule has 92 valence electrons. The molecular weight excluding hydrogens is 211 g/mol. The average molecular weight is 230 g/mol. The molecule has 0 saturated carbocycles. The summed E-state index contributed by atoms with van der Waals surface area (Å²) in [5.41, 5.74) is 0. The zero-order chi connectivity index (χ0) is 11.4. The average Bonchev–Trinajstić information content (AvgIpc) is 2.33. The minimum atomic E-state index is -0.672. The summed E-state index contributed by atoms with van der Waals surface area (Å²) in [4.78, 5) is 15.8. The van der Waals surface area contributed by atoms with E-state index >= 15 is 0 Å². The Bertz CT molecular complexity index is 236. The van der Waals surface area contributed by atoms with Crippen molar-refractivity contribution in [2.75, 3.05) is 45.9 Å². The smallest absolute Gasteiger partial charge is 0.236 e. The summed E-state index contributed by atoms with van der Waals surface area (Å²) in [6.07, 6.45) is 0.460. The molecule has 0 aromatic rings. The lowest BCUT2D eigenvalue weighted by molar-refractivity contribution is -0.136. The molecule has 0 unspecified atom stereocenters. The Morgan fingerprint density at radius 2 is 1.81 bits per heavy atom. The Labute approximate surface area is 95.3 Å². The van der Waals surface area contributed by atoms with Crippen LogP contribution in [0.25, 0.3) is 0 Å². The van der Waals surface area contributed by atoms with Gasteiger partial charge in [0.2, 0.25) is 5.91 Å². The molecule has 0 aliphatic carbocycles. The van der Waals surface area contributed by atoms with E-state index in [9.17, 15) is 9.18 Å². The van der Waals surface area contributed by atoms with Gasteiger partial charge in [-0.25, -0.2) is 4.39 Å². The lowest BCUT2D eigenvalue weighted by Gasteiger charge is -2.32. The summed E-state index contributed by atoms with van der Waals surface area (Å²) < 4.78 is 18.1. The molecule has 0 bridgehead atoms. The number of morpholine rings is 1. The highest BCUT2D eigenvalue weighted by Crippen LogP contribution is 2.13. The van der Waals surface area contributed by atoms with Gasteiger partial charge in [0.25, 0.3) is 0 Å². The van der Waals surface area contributed by atoms with E-state index in [1.54, 1.807) is 0 Å². The van der Waals surface area contributed by atoms with Gasteiger partial charge in [-0.2, -0.15) is 0 Å². The summed E-state index contributed by atoms with van der Waals surface area (Å²) in [6.45, 7) is 4.51. The van der Waals surface area contributed by atoms with Crippen LogP contribution in [0.5, 0.6) is 0 Å². The zero-order valence-electron chi connectivity index (χ0n) is 9.53. The number of carbonyl (C=O) groups is 1. The van der Waals surface area contributed by atoms with E-state index in [-0.39, 0.29) is 5.91 Å². The number of halogens is 1. The topological polar surface area (TPSA) is 32.8 Å². The number of hydrogen-bond acceptors (Lipinski definition) is 3. The number of carbonyl (C=O) groups excluding carboxylic acids is 1. The number of ether oxygens (including phenoxy) is 1. The van der Waals surface area contributed by atoms with E-state index < -0.39 is 6.17 Å². The monoisotopic (exact) mass is 230 g/mol. The largest absolute Gasteiger partial charge is 0.378 e. The lowest BCUT2D eigenvalue weighted by atomic mass is 10.1. The molecular formula is C11H19FN2O2. The van der Waals surface area contributed by atoms with Crippen molar-refractivity contribution in [2.24, 2.45) is 0 Å². The van der Waals surface area contributed by atoms with Gasteiger partial charge in [0.1, 0.15) is 6.17 Å². The number of amides is 1. The Morgan fingerprint density at radius 3 is 2.44 bits per heavy atom. The summed E-state index contributed by atoms with van der Waals surface area (Å²) in [5.74, 6) is 0.153. The van der Waals surface area contributed by atoms with Crippen LogP contribution in [0, 0.1) is 0 Å². The second-order valence-electron chi connectivity index (χ2n) is 4.44. The van der Waals surface area contributed by atoms with Gasteiger partial charge in [0.15, 0.2) is 0 Å². The van der Waals surface area contributed by atoms with E-state index in [1.807, 2.05) is 9.80 Å². The molecule has 0 atom stereocenters. The van der Waals surface area contributed by atoms with E-state index in [2.05, 4.69) is 0 Å². The number of rotatable bonds is 2. The van der Waals surface area contributed by atoms with Gasteiger partial charge in [0, 0.05) is 26.2 Å². The minimum absolute atomic E-state index is 0.153. The Kier molecular flexibility index (Phi) is 4.12. The lowest BCUT2D eigenvalue weighted by Crippen LogP contribution is -2.47. The predicted molar refractivity (Wildman–Crippen MR) is 58.0 cm³/mol. The van der Waals surface area contributed by atoms with Gasteiger partial charge < -0.3 is 9.64 Å². The Balaban J connectivity index is 1.73. The Morgan fingerprint density at radius 1 is 1.19 bits per heavy atom. The molecule has 5 heteroatoms. The summed E-state index contributed by atoms with van der Waals surface area (Å²) in [5, 5.41) is 0. The van der Waals surface area contributed by atoms with E-state index in [4.69, 9.17) is 4.74 Å². The molecule has 2 aliphatic heterocycles. The summed E-state index contributed by atoms with van der Waals surface area (Å²) in [7, 11) is 0. The van der Waals surface area contributed by atoms with Gasteiger partial charge in [-0.1, -0.05) is 0 Å². The van der Waals surface area contributed by atoms with Crippen LogP contribution in [-0.4, -0.2) is 67.8 Å². The van der Waals surface area contributed by atoms with Crippen molar-refractivity contribution in [3.63, 3.8) is 0 Å². The number of piperidine rings is 1. The molecule has 0 radical (unpaired) electrons. The maximum atomic E-state index is 12.9. The van der Waals surface area contributed by atoms with E-state index in [0.29, 0.717) is 58.8 Å². The third-order valence-electron chi connectivity index (χ3n) is 3.24. The highest BCUT2D eigenvalue weighted by Gasteiger charge is 2.23. The van der Waals surface area contributed by atoms with Crippen molar-refractivity contribution in [3.8, 4) is 0 Å². The maximum Gasteiger partial charge on any atom is 0.236 e. The van der Waals surface area contributed by atoms with E-state index in [0.717, 1.165) is 0 Å². The molecule has 16 heavy (non-hydrogen) atoms. The molecule has 0 aromatic heterocycles. The van der Waals surface area contributed by atoms with Crippen LogP contribution in [0.4, 0.5) is 4.39 Å². The molecule has 2 saturated heterocycles. The first-order valence-corrected chi connectivity index (χ1v) is 5.97. The van der Waals surface area contributed by atoms with Crippen LogP contribution in [0.2, 0.25) is 0 Å². The molecule has 2 heterocycles. The standard InChI is InChI=1S/C11H19FN2O2/c12-10-1-3-13(4-2-10)9-11(15)14-5-7-16-8-6-14/h10H,1-9H2. The minimum Gasteiger partial charge on any atom is -0.378 e. The van der Waals surface area contributed by atoms with Gasteiger partial charge >= 0.3 is 0 Å². The van der Waals surface area contributed by atoms with Gasteiger partial charge in [-0.3, -0.25) is 9.69 Å². The quantitative estimate of drug-likeness (QED) is 0.683. The fourth-order valence-electron chi connectivity index (χ4n) is 2.16. The highest BCUT2D eigenvalue weighted by molar-refractivity contribution is 5.78. The molecule has 1 amide bonds. The van der Waals surface area contributed by atoms with Crippen molar-refractivity contribution in [2.45, 2.75) is 19.0 Å². The molecule has 2 aliphatic rings. The highest BCUT2D eigenvalue weighted by atomic mass is 19.1. The van der Waals surface area contributed by atoms with Crippen molar-refractivity contribution in [1.82, 2.24) is 9.80 Å². The van der Waals surface area contributed by atoms with Gasteiger partial charge in [-0.05, 0) is 12.8 Å². The fourth-order valence-corrected chi connectivity index (χ4v) is 2.16. The molecule has 2 fully saturated rings. The van der Waals surface area contributed by atoms with Crippen molar-refractivity contribution in [3.05, 3.63) is 0 Å². The number of hydrogen-bond donors (Lipinski definition) is 0. The Hall–Kier alpha value is -0.680. The first-order chi connectivity index (χ1) is 7.75. The number of alkyl halides is 1. The first kappa shape index (κ1) is 11.8. The van der Waals surface area contributed by atoms with Crippen LogP contribution in [0.3, 0.4) is 0 Å².